The molecule has 35 nitrogen and oxygen atoms in total. The third kappa shape index (κ3) is 30.4. The van der Waals surface area contributed by atoms with Gasteiger partial charge >= 0.3 is 35.8 Å². The summed E-state index contributed by atoms with van der Waals surface area (Å²) in [5.41, 5.74) is 11.4. The first-order valence-electron chi connectivity index (χ1n) is 28.1. The summed E-state index contributed by atoms with van der Waals surface area (Å²) in [6, 6.07) is -1.86. The molecule has 1 heterocycles. The zero-order valence-corrected chi connectivity index (χ0v) is 48.9. The Bertz CT molecular complexity index is 2880. The van der Waals surface area contributed by atoms with Crippen molar-refractivity contribution in [1.82, 2.24) is 42.5 Å². The summed E-state index contributed by atoms with van der Waals surface area (Å²) in [6.07, 6.45) is -11.4. The van der Waals surface area contributed by atoms with E-state index in [2.05, 4.69) is 36.9 Å². The van der Waals surface area contributed by atoms with Gasteiger partial charge in [0.2, 0.25) is 47.3 Å². The number of aliphatic imine (C=N–C) groups is 1. The van der Waals surface area contributed by atoms with Gasteiger partial charge in [-0.1, -0.05) is 30.3 Å². The van der Waals surface area contributed by atoms with E-state index in [4.69, 9.17) is 16.6 Å². The van der Waals surface area contributed by atoms with Gasteiger partial charge in [-0.25, -0.2) is 0 Å². The van der Waals surface area contributed by atoms with Crippen molar-refractivity contribution in [2.45, 2.75) is 152 Å². The fraction of sp³-hybridized carbons (Fsp3) is 0.545. The fourth-order valence-corrected chi connectivity index (χ4v) is 9.00. The first-order valence-corrected chi connectivity index (χ1v) is 28.1. The molecule has 9 atom stereocenters. The standard InChI is InChI=1S/C55H75N11O24/c1-27(67)16-37-53(89)66-38(17-28-8-3-2-4-9-28)54(90)63-34(52(88)62-33(11-7-15-59-55(56)57)51(87)60-26-41(71)61-37)10-5-6-14-58-48(84)30(22-44(76)77)19-39(69)35(24-46(80)81)65-50(86)31(23-45(78)79)20-40(70)36(25-47(82)83)64-49(85)29(21-43(74)75)18-32(68)12-13-42(72)73/h2-4,8-9,29-31,33-38H,5-7,10-26H2,1H3,(H,58,84)(H,60,87)(H,61,71)(H,62,88)(H,63,90)(H,64,85)(H,65,86)(H,66,89)(H,72,73)(H,74,75)(H,76,77)(H,78,79)(H,80,81)(H,82,83)(H4,56,57,59)/t29-,30-,31-,33?,34?,35-,36-,37-,38+/m0/s1. The average molecular weight is 1270 g/mol. The van der Waals surface area contributed by atoms with Crippen LogP contribution >= 0.6 is 0 Å². The average Bonchev–Trinajstić information content (AvgIpc) is 1.29. The van der Waals surface area contributed by atoms with E-state index in [1.165, 1.54) is 0 Å². The number of Topliss-reactive ketones (excluding diaryl/α,β-unsaturated/α-hetero) is 4. The van der Waals surface area contributed by atoms with E-state index >= 15 is 0 Å². The molecule has 35 heteroatoms. The van der Waals surface area contributed by atoms with Crippen LogP contribution in [0.25, 0.3) is 0 Å². The topological polar surface area (TPSA) is 589 Å². The lowest BCUT2D eigenvalue weighted by Gasteiger charge is -2.26. The van der Waals surface area contributed by atoms with E-state index in [1.807, 2.05) is 10.6 Å². The van der Waals surface area contributed by atoms with Crippen LogP contribution in [-0.2, 0) is 92.7 Å². The molecule has 18 N–H and O–H groups in total. The summed E-state index contributed by atoms with van der Waals surface area (Å²) in [4.78, 5) is 235. The number of guanidine groups is 1. The largest absolute Gasteiger partial charge is 0.481 e. The molecule has 494 valence electrons. The van der Waals surface area contributed by atoms with Gasteiger partial charge in [0.05, 0.1) is 74.9 Å². The monoisotopic (exact) mass is 1270 g/mol. The third-order valence-electron chi connectivity index (χ3n) is 13.4. The maximum Gasteiger partial charge on any atom is 0.305 e. The predicted molar refractivity (Wildman–Crippen MR) is 304 cm³/mol. The Morgan fingerprint density at radius 3 is 1.47 bits per heavy atom. The quantitative estimate of drug-likeness (QED) is 0.0168. The summed E-state index contributed by atoms with van der Waals surface area (Å²) < 4.78 is 0. The number of hydrogen-bond acceptors (Lipinski definition) is 19. The number of amides is 8. The molecule has 1 aliphatic rings. The van der Waals surface area contributed by atoms with Gasteiger partial charge in [0.25, 0.3) is 0 Å². The summed E-state index contributed by atoms with van der Waals surface area (Å²) in [7, 11) is 0. The van der Waals surface area contributed by atoms with Gasteiger partial charge in [-0.05, 0) is 44.6 Å². The lowest BCUT2D eigenvalue weighted by atomic mass is 9.90. The molecule has 8 amide bonds. The molecule has 0 radical (unpaired) electrons. The van der Waals surface area contributed by atoms with Crippen molar-refractivity contribution in [2.24, 2.45) is 34.2 Å². The zero-order chi connectivity index (χ0) is 67.8. The van der Waals surface area contributed by atoms with Crippen molar-refractivity contribution in [2.75, 3.05) is 19.6 Å². The van der Waals surface area contributed by atoms with Crippen LogP contribution in [0.5, 0.6) is 0 Å². The van der Waals surface area contributed by atoms with Crippen molar-refractivity contribution in [3.8, 4) is 0 Å². The number of benzene rings is 1. The summed E-state index contributed by atoms with van der Waals surface area (Å²) in [5.74, 6) is -28.5. The molecule has 90 heavy (non-hydrogen) atoms. The van der Waals surface area contributed by atoms with Crippen LogP contribution in [0.15, 0.2) is 35.3 Å². The number of ketones is 4. The van der Waals surface area contributed by atoms with Crippen molar-refractivity contribution in [3.63, 3.8) is 0 Å². The second kappa shape index (κ2) is 38.8. The van der Waals surface area contributed by atoms with Gasteiger partial charge in [0.15, 0.2) is 17.5 Å². The van der Waals surface area contributed by atoms with Crippen LogP contribution in [0.4, 0.5) is 0 Å². The Balaban J connectivity index is 2.40. The van der Waals surface area contributed by atoms with Gasteiger partial charge in [-0.15, -0.1) is 0 Å². The molecule has 1 aromatic carbocycles. The Morgan fingerprint density at radius 1 is 0.522 bits per heavy atom. The van der Waals surface area contributed by atoms with E-state index in [0.29, 0.717) is 5.56 Å². The molecule has 0 aromatic heterocycles. The number of aliphatic carboxylic acids is 6. The van der Waals surface area contributed by atoms with Gasteiger partial charge in [0.1, 0.15) is 35.7 Å². The normalized spacial score (nSPS) is 17.9. The van der Waals surface area contributed by atoms with Crippen molar-refractivity contribution in [3.05, 3.63) is 35.9 Å². The smallest absolute Gasteiger partial charge is 0.305 e. The lowest BCUT2D eigenvalue weighted by molar-refractivity contribution is -0.146. The maximum absolute atomic E-state index is 14.2. The highest BCUT2D eigenvalue weighted by molar-refractivity contribution is 6.01. The Hall–Kier alpha value is -10.3. The van der Waals surface area contributed by atoms with Crippen LogP contribution in [0.2, 0.25) is 0 Å². The van der Waals surface area contributed by atoms with Crippen molar-refractivity contribution >= 4 is 112 Å². The molecule has 2 rings (SSSR count). The Labute approximate surface area is 512 Å². The predicted octanol–water partition coefficient (Wildman–Crippen LogP) is -4.45. The highest BCUT2D eigenvalue weighted by Gasteiger charge is 2.38. The van der Waals surface area contributed by atoms with Crippen LogP contribution in [0.1, 0.15) is 115 Å². The minimum Gasteiger partial charge on any atom is -0.481 e. The highest BCUT2D eigenvalue weighted by atomic mass is 16.4. The number of unbranched alkanes of at least 4 members (excludes halogenated alkanes) is 1. The maximum atomic E-state index is 14.2. The number of nitrogens with two attached hydrogens (primary N) is 2. The van der Waals surface area contributed by atoms with E-state index in [-0.39, 0.29) is 57.6 Å². The molecule has 0 aliphatic carbocycles. The van der Waals surface area contributed by atoms with E-state index < -0.39 is 237 Å². The molecule has 1 fully saturated rings. The van der Waals surface area contributed by atoms with Gasteiger partial charge in [-0.2, -0.15) is 0 Å². The molecular weight excluding hydrogens is 1200 g/mol. The number of hydrogen-bond donors (Lipinski definition) is 16. The van der Waals surface area contributed by atoms with E-state index in [1.54, 1.807) is 30.3 Å². The van der Waals surface area contributed by atoms with Crippen LogP contribution in [-0.4, -0.2) is 199 Å². The highest BCUT2D eigenvalue weighted by Crippen LogP contribution is 2.19. The van der Waals surface area contributed by atoms with Gasteiger partial charge < -0.3 is 84.6 Å². The number of carboxylic acid groups (broad SMARTS) is 6. The lowest BCUT2D eigenvalue weighted by Crippen LogP contribution is -2.58. The molecular formula is C55H75N11O24. The molecule has 2 unspecified atom stereocenters. The second-order valence-corrected chi connectivity index (χ2v) is 21.0. The first-order chi connectivity index (χ1) is 42.2. The van der Waals surface area contributed by atoms with Crippen LogP contribution in [0.3, 0.4) is 0 Å². The number of carbonyl (C=O) groups is 18. The molecule has 0 spiro atoms. The molecule has 1 saturated heterocycles. The molecule has 1 aromatic rings. The minimum atomic E-state index is -2.15. The van der Waals surface area contributed by atoms with E-state index in [0.717, 1.165) is 6.92 Å². The first kappa shape index (κ1) is 75.8. The second-order valence-electron chi connectivity index (χ2n) is 21.0. The molecule has 1 aliphatic heterocycles. The van der Waals surface area contributed by atoms with Crippen LogP contribution in [0, 0.1) is 17.8 Å². The molecule has 0 saturated carbocycles. The number of rotatable bonds is 39. The summed E-state index contributed by atoms with van der Waals surface area (Å²) in [6.45, 7) is 0.114. The molecule has 0 bridgehead atoms. The number of carboxylic acids is 6. The van der Waals surface area contributed by atoms with Crippen LogP contribution < -0.4 is 54.0 Å². The fourth-order valence-electron chi connectivity index (χ4n) is 9.00. The third-order valence-corrected chi connectivity index (χ3v) is 13.4. The number of nitrogens with zero attached hydrogens (tertiary/aromatic N) is 1. The summed E-state index contributed by atoms with van der Waals surface area (Å²) in [5, 5.41) is 75.6. The van der Waals surface area contributed by atoms with E-state index in [9.17, 15) is 112 Å². The summed E-state index contributed by atoms with van der Waals surface area (Å²) >= 11 is 0. The zero-order valence-electron chi connectivity index (χ0n) is 48.9. The van der Waals surface area contributed by atoms with Gasteiger partial charge in [-0.3, -0.25) is 91.3 Å². The Kier molecular flexibility index (Phi) is 32.7. The number of nitrogens with one attached hydrogen (secondary N) is 8. The Morgan fingerprint density at radius 2 is 0.978 bits per heavy atom. The van der Waals surface area contributed by atoms with Crippen molar-refractivity contribution < 1.29 is 117 Å². The van der Waals surface area contributed by atoms with Gasteiger partial charge in [0, 0.05) is 51.6 Å². The minimum absolute atomic E-state index is 0.00266. The SMILES string of the molecule is CC(=O)C[C@@H]1NC(=O)CNC(=O)C(CCCN=C(N)N)NC(=O)C(CCCCNC(=O)[C@H](CC(=O)O)CC(=O)[C@H](CC(=O)O)NC(=O)[C@H](CC(=O)O)CC(=O)[C@H](CC(=O)O)NC(=O)[C@H](CC(=O)O)CC(=O)CCC(=O)O)NC(=O)[C@@H](Cc2ccccc2)NC1=O. The van der Waals surface area contributed by atoms with Crippen molar-refractivity contribution in [1.29, 1.82) is 0 Å². The number of carbonyl (C=O) groups excluding carboxylic acids is 12.